The summed E-state index contributed by atoms with van der Waals surface area (Å²) in [6, 6.07) is 10.0. The lowest BCUT2D eigenvalue weighted by Gasteiger charge is -2.35. The average Bonchev–Trinajstić information content (AvgIpc) is 2.46. The van der Waals surface area contributed by atoms with Crippen molar-refractivity contribution in [2.45, 2.75) is 31.8 Å². The lowest BCUT2D eigenvalue weighted by atomic mass is 9.90. The van der Waals surface area contributed by atoms with E-state index in [1.165, 1.54) is 0 Å². The summed E-state index contributed by atoms with van der Waals surface area (Å²) >= 11 is 0. The van der Waals surface area contributed by atoms with E-state index in [2.05, 4.69) is 4.90 Å². The Morgan fingerprint density at radius 1 is 1.35 bits per heavy atom. The van der Waals surface area contributed by atoms with Crippen LogP contribution in [-0.4, -0.2) is 41.6 Å². The number of nitrogens with two attached hydrogens (primary N) is 1. The second-order valence-corrected chi connectivity index (χ2v) is 5.80. The predicted octanol–water partition coefficient (Wildman–Crippen LogP) is 1.80. The molecule has 4 N–H and O–H groups in total. The van der Waals surface area contributed by atoms with Crippen molar-refractivity contribution < 1.29 is 5.11 Å². The Labute approximate surface area is 121 Å². The van der Waals surface area contributed by atoms with Crippen molar-refractivity contribution in [2.75, 3.05) is 19.6 Å². The predicted molar refractivity (Wildman–Crippen MR) is 81.9 cm³/mol. The first-order valence-electron chi connectivity index (χ1n) is 7.37. The van der Waals surface area contributed by atoms with Gasteiger partial charge in [-0.25, -0.2) is 0 Å². The van der Waals surface area contributed by atoms with Gasteiger partial charge in [-0.05, 0) is 44.3 Å². The fourth-order valence-corrected chi connectivity index (χ4v) is 2.94. The van der Waals surface area contributed by atoms with Crippen LogP contribution in [0.2, 0.25) is 0 Å². The van der Waals surface area contributed by atoms with Crippen LogP contribution in [0.4, 0.5) is 0 Å². The fourth-order valence-electron chi connectivity index (χ4n) is 2.94. The van der Waals surface area contributed by atoms with Gasteiger partial charge in [0.1, 0.15) is 0 Å². The van der Waals surface area contributed by atoms with E-state index in [9.17, 15) is 5.11 Å². The standard InChI is InChI=1S/C16H25N3O/c1-12(20)13-7-9-19(10-8-13)11-15(16(17)18)14-5-3-2-4-6-14/h2-6,12-13,15,20H,7-11H2,1H3,(H3,17,18). The van der Waals surface area contributed by atoms with Crippen molar-refractivity contribution in [3.63, 3.8) is 0 Å². The van der Waals surface area contributed by atoms with E-state index in [4.69, 9.17) is 11.1 Å². The van der Waals surface area contributed by atoms with E-state index in [0.29, 0.717) is 5.92 Å². The summed E-state index contributed by atoms with van der Waals surface area (Å²) in [4.78, 5) is 2.36. The molecule has 0 aromatic heterocycles. The monoisotopic (exact) mass is 275 g/mol. The van der Waals surface area contributed by atoms with Gasteiger partial charge in [0.2, 0.25) is 0 Å². The van der Waals surface area contributed by atoms with Crippen molar-refractivity contribution in [2.24, 2.45) is 11.7 Å². The summed E-state index contributed by atoms with van der Waals surface area (Å²) in [6.07, 6.45) is 1.84. The van der Waals surface area contributed by atoms with Crippen LogP contribution in [0.5, 0.6) is 0 Å². The zero-order valence-corrected chi connectivity index (χ0v) is 12.1. The Hall–Kier alpha value is -1.39. The summed E-state index contributed by atoms with van der Waals surface area (Å²) in [5.74, 6) is 0.618. The number of hydrogen-bond acceptors (Lipinski definition) is 3. The smallest absolute Gasteiger partial charge is 0.0995 e. The van der Waals surface area contributed by atoms with Gasteiger partial charge in [-0.15, -0.1) is 0 Å². The molecule has 110 valence electrons. The van der Waals surface area contributed by atoms with E-state index in [1.54, 1.807) is 0 Å². The highest BCUT2D eigenvalue weighted by molar-refractivity contribution is 5.84. The number of hydrogen-bond donors (Lipinski definition) is 3. The first-order chi connectivity index (χ1) is 9.58. The molecule has 0 radical (unpaired) electrons. The van der Waals surface area contributed by atoms with Gasteiger partial charge in [0.15, 0.2) is 0 Å². The van der Waals surface area contributed by atoms with Gasteiger partial charge in [0.05, 0.1) is 17.9 Å². The van der Waals surface area contributed by atoms with E-state index in [-0.39, 0.29) is 17.9 Å². The molecule has 0 aliphatic carbocycles. The number of nitrogens with one attached hydrogen (secondary N) is 1. The maximum atomic E-state index is 9.64. The number of rotatable bonds is 5. The number of nitrogens with zero attached hydrogens (tertiary/aromatic N) is 1. The van der Waals surface area contributed by atoms with Gasteiger partial charge >= 0.3 is 0 Å². The molecule has 4 heteroatoms. The van der Waals surface area contributed by atoms with Gasteiger partial charge in [-0.3, -0.25) is 5.41 Å². The molecular formula is C16H25N3O. The third kappa shape index (κ3) is 3.81. The third-order valence-electron chi connectivity index (χ3n) is 4.33. The van der Waals surface area contributed by atoms with Crippen molar-refractivity contribution in [3.8, 4) is 0 Å². The van der Waals surface area contributed by atoms with Crippen LogP contribution in [0.25, 0.3) is 0 Å². The molecule has 0 spiro atoms. The number of piperidine rings is 1. The van der Waals surface area contributed by atoms with Gasteiger partial charge in [-0.1, -0.05) is 30.3 Å². The van der Waals surface area contributed by atoms with Crippen LogP contribution >= 0.6 is 0 Å². The molecule has 2 atom stereocenters. The van der Waals surface area contributed by atoms with Crippen molar-refractivity contribution in [1.29, 1.82) is 5.41 Å². The second-order valence-electron chi connectivity index (χ2n) is 5.80. The first kappa shape index (κ1) is 15.0. The number of amidine groups is 1. The van der Waals surface area contributed by atoms with Gasteiger partial charge < -0.3 is 15.7 Å². The molecule has 0 amide bonds. The normalized spacial score (nSPS) is 20.5. The van der Waals surface area contributed by atoms with Crippen LogP contribution in [0.15, 0.2) is 30.3 Å². The lowest BCUT2D eigenvalue weighted by molar-refractivity contribution is 0.0715. The number of benzene rings is 1. The lowest BCUT2D eigenvalue weighted by Crippen LogP contribution is -2.41. The largest absolute Gasteiger partial charge is 0.393 e. The van der Waals surface area contributed by atoms with E-state index in [0.717, 1.165) is 38.0 Å². The molecular weight excluding hydrogens is 250 g/mol. The quantitative estimate of drug-likeness (QED) is 0.566. The van der Waals surface area contributed by atoms with Gasteiger partial charge in [0, 0.05) is 6.54 Å². The van der Waals surface area contributed by atoms with Crippen LogP contribution in [-0.2, 0) is 0 Å². The molecule has 0 bridgehead atoms. The number of aliphatic hydroxyl groups excluding tert-OH is 1. The number of likely N-dealkylation sites (tertiary alicyclic amines) is 1. The highest BCUT2D eigenvalue weighted by Gasteiger charge is 2.25. The molecule has 1 heterocycles. The minimum Gasteiger partial charge on any atom is -0.393 e. The SMILES string of the molecule is CC(O)C1CCN(CC(C(=N)N)c2ccccc2)CC1. The van der Waals surface area contributed by atoms with Crippen molar-refractivity contribution in [1.82, 2.24) is 4.90 Å². The minimum atomic E-state index is -0.213. The number of aliphatic hydroxyl groups is 1. The Kier molecular flexibility index (Phi) is 5.15. The highest BCUT2D eigenvalue weighted by atomic mass is 16.3. The summed E-state index contributed by atoms with van der Waals surface area (Å²) in [5.41, 5.74) is 6.89. The maximum absolute atomic E-state index is 9.64. The molecule has 1 fully saturated rings. The minimum absolute atomic E-state index is 0.0284. The zero-order valence-electron chi connectivity index (χ0n) is 12.1. The van der Waals surface area contributed by atoms with Gasteiger partial charge in [-0.2, -0.15) is 0 Å². The molecule has 2 rings (SSSR count). The van der Waals surface area contributed by atoms with Crippen LogP contribution < -0.4 is 5.73 Å². The molecule has 1 aliphatic heterocycles. The molecule has 1 aromatic carbocycles. The molecule has 2 unspecified atom stereocenters. The summed E-state index contributed by atoms with van der Waals surface area (Å²) in [7, 11) is 0. The highest BCUT2D eigenvalue weighted by Crippen LogP contribution is 2.23. The van der Waals surface area contributed by atoms with E-state index in [1.807, 2.05) is 37.3 Å². The zero-order chi connectivity index (χ0) is 14.5. The van der Waals surface area contributed by atoms with Crippen LogP contribution in [0.1, 0.15) is 31.2 Å². The molecule has 20 heavy (non-hydrogen) atoms. The molecule has 1 aromatic rings. The van der Waals surface area contributed by atoms with E-state index >= 15 is 0 Å². The first-order valence-corrected chi connectivity index (χ1v) is 7.37. The second kappa shape index (κ2) is 6.86. The fraction of sp³-hybridized carbons (Fsp3) is 0.562. The van der Waals surface area contributed by atoms with Gasteiger partial charge in [0.25, 0.3) is 0 Å². The Balaban J connectivity index is 1.95. The van der Waals surface area contributed by atoms with E-state index < -0.39 is 0 Å². The maximum Gasteiger partial charge on any atom is 0.0995 e. The molecule has 1 saturated heterocycles. The van der Waals surface area contributed by atoms with Crippen LogP contribution in [0, 0.1) is 11.3 Å². The molecule has 0 saturated carbocycles. The summed E-state index contributed by atoms with van der Waals surface area (Å²) < 4.78 is 0. The average molecular weight is 275 g/mol. The summed E-state index contributed by atoms with van der Waals surface area (Å²) in [5, 5.41) is 17.5. The molecule has 4 nitrogen and oxygen atoms in total. The van der Waals surface area contributed by atoms with Crippen LogP contribution in [0.3, 0.4) is 0 Å². The Morgan fingerprint density at radius 2 is 1.95 bits per heavy atom. The Morgan fingerprint density at radius 3 is 2.45 bits per heavy atom. The topological polar surface area (TPSA) is 73.3 Å². The Bertz CT molecular complexity index is 425. The van der Waals surface area contributed by atoms with Crippen molar-refractivity contribution in [3.05, 3.63) is 35.9 Å². The summed E-state index contributed by atoms with van der Waals surface area (Å²) in [6.45, 7) is 4.63. The molecule has 1 aliphatic rings. The third-order valence-corrected chi connectivity index (χ3v) is 4.33. The van der Waals surface area contributed by atoms with Crippen molar-refractivity contribution >= 4 is 5.84 Å².